The molecule has 2 aromatic carbocycles. The molecule has 11 nitrogen and oxygen atoms in total. The summed E-state index contributed by atoms with van der Waals surface area (Å²) in [6, 6.07) is 7.51. The van der Waals surface area contributed by atoms with Crippen molar-refractivity contribution in [2.24, 2.45) is 4.99 Å². The normalized spacial score (nSPS) is 12.2. The minimum Gasteiger partial charge on any atom is -0.444 e. The van der Waals surface area contributed by atoms with Crippen LogP contribution in [-0.2, 0) is 21.1 Å². The van der Waals surface area contributed by atoms with Gasteiger partial charge in [-0.15, -0.1) is 23.1 Å². The second-order valence-corrected chi connectivity index (χ2v) is 14.4. The summed E-state index contributed by atoms with van der Waals surface area (Å²) in [5.41, 5.74) is -0.0341. The number of fused-ring (bicyclic) bond motifs is 1. The van der Waals surface area contributed by atoms with Gasteiger partial charge < -0.3 is 9.30 Å². The number of halogens is 2. The fourth-order valence-corrected chi connectivity index (χ4v) is 8.41. The molecule has 4 aromatic rings. The van der Waals surface area contributed by atoms with Crippen LogP contribution < -0.4 is 5.32 Å². The van der Waals surface area contributed by atoms with Crippen LogP contribution in [-0.4, -0.2) is 47.2 Å². The Balaban J connectivity index is 1.64. The molecular formula is C25H23BrFN5O6S3. The van der Waals surface area contributed by atoms with E-state index in [1.807, 2.05) is 0 Å². The number of hydrogen-bond donors (Lipinski definition) is 1. The molecular weight excluding hydrogens is 661 g/mol. The third-order valence-electron chi connectivity index (χ3n) is 5.43. The number of benzene rings is 2. The molecule has 41 heavy (non-hydrogen) atoms. The highest BCUT2D eigenvalue weighted by Gasteiger charge is 2.26. The Kier molecular flexibility index (Phi) is 8.87. The molecule has 0 aliphatic heterocycles. The van der Waals surface area contributed by atoms with Gasteiger partial charge >= 0.3 is 6.09 Å². The number of nitro benzene ring substituents is 1. The fourth-order valence-electron chi connectivity index (χ4n) is 3.71. The summed E-state index contributed by atoms with van der Waals surface area (Å²) in [7, 11) is -4.02. The van der Waals surface area contributed by atoms with Crippen molar-refractivity contribution in [2.45, 2.75) is 46.9 Å². The third kappa shape index (κ3) is 6.94. The Morgan fingerprint density at radius 2 is 2.05 bits per heavy atom. The Hall–Kier alpha value is -3.34. The number of carbonyl (C=O) groups is 1. The molecule has 0 radical (unpaired) electrons. The van der Waals surface area contributed by atoms with Gasteiger partial charge in [-0.2, -0.15) is 0 Å². The predicted octanol–water partition coefficient (Wildman–Crippen LogP) is 6.70. The molecule has 0 saturated carbocycles. The second-order valence-electron chi connectivity index (χ2n) is 9.53. The SMILES string of the molecule is CSc1sc(/N=C/NC(=O)OC(C)(C)C)cc1S(=O)(=O)c1cc(Br)c2c(c1)ncn2Cc1cc([N+](=O)[O-])ccc1F. The van der Waals surface area contributed by atoms with Gasteiger partial charge in [0, 0.05) is 22.2 Å². The molecule has 2 heterocycles. The van der Waals surface area contributed by atoms with Gasteiger partial charge in [0.1, 0.15) is 16.4 Å². The highest BCUT2D eigenvalue weighted by Crippen LogP contribution is 2.41. The molecule has 0 saturated heterocycles. The largest absolute Gasteiger partial charge is 0.444 e. The van der Waals surface area contributed by atoms with Crippen molar-refractivity contribution >= 4 is 83.0 Å². The summed E-state index contributed by atoms with van der Waals surface area (Å²) in [5.74, 6) is -0.616. The van der Waals surface area contributed by atoms with Crippen LogP contribution in [0.25, 0.3) is 11.0 Å². The van der Waals surface area contributed by atoms with Crippen molar-refractivity contribution in [3.05, 3.63) is 68.7 Å². The molecule has 2 aromatic heterocycles. The number of nitrogens with one attached hydrogen (secondary N) is 1. The van der Waals surface area contributed by atoms with Gasteiger partial charge in [-0.05, 0) is 67.2 Å². The van der Waals surface area contributed by atoms with Gasteiger partial charge in [-0.3, -0.25) is 15.4 Å². The highest BCUT2D eigenvalue weighted by molar-refractivity contribution is 9.10. The number of sulfone groups is 1. The lowest BCUT2D eigenvalue weighted by Crippen LogP contribution is -2.31. The van der Waals surface area contributed by atoms with Crippen molar-refractivity contribution < 1.29 is 27.3 Å². The van der Waals surface area contributed by atoms with Crippen LogP contribution in [0.2, 0.25) is 0 Å². The van der Waals surface area contributed by atoms with Crippen molar-refractivity contribution in [3.8, 4) is 0 Å². The first-order valence-corrected chi connectivity index (χ1v) is 16.0. The number of alkyl carbamates (subject to hydrolysis) is 1. The average molecular weight is 685 g/mol. The van der Waals surface area contributed by atoms with Crippen LogP contribution in [0.1, 0.15) is 26.3 Å². The quantitative estimate of drug-likeness (QED) is 0.0710. The van der Waals surface area contributed by atoms with Crippen LogP contribution >= 0.6 is 39.0 Å². The minimum atomic E-state index is -4.02. The lowest BCUT2D eigenvalue weighted by molar-refractivity contribution is -0.385. The summed E-state index contributed by atoms with van der Waals surface area (Å²) < 4.78 is 49.4. The summed E-state index contributed by atoms with van der Waals surface area (Å²) in [4.78, 5) is 30.8. The summed E-state index contributed by atoms with van der Waals surface area (Å²) in [5, 5.41) is 13.9. The first kappa shape index (κ1) is 30.6. The molecule has 0 aliphatic carbocycles. The summed E-state index contributed by atoms with van der Waals surface area (Å²) >= 11 is 5.80. The number of ether oxygens (including phenoxy) is 1. The monoisotopic (exact) mass is 683 g/mol. The number of imidazole rings is 1. The maximum Gasteiger partial charge on any atom is 0.412 e. The van der Waals surface area contributed by atoms with Gasteiger partial charge in [-0.1, -0.05) is 0 Å². The van der Waals surface area contributed by atoms with Gasteiger partial charge in [0.15, 0.2) is 0 Å². The van der Waals surface area contributed by atoms with E-state index < -0.39 is 32.3 Å². The van der Waals surface area contributed by atoms with E-state index in [9.17, 15) is 27.7 Å². The van der Waals surface area contributed by atoms with Gasteiger partial charge in [-0.25, -0.2) is 27.6 Å². The minimum absolute atomic E-state index is 0.0286. The molecule has 0 bridgehead atoms. The topological polar surface area (TPSA) is 146 Å². The molecule has 0 atom stereocenters. The smallest absolute Gasteiger partial charge is 0.412 e. The number of nitrogens with zero attached hydrogens (tertiary/aromatic N) is 4. The molecule has 1 amide bonds. The van der Waals surface area contributed by atoms with Gasteiger partial charge in [0.2, 0.25) is 9.84 Å². The van der Waals surface area contributed by atoms with E-state index in [2.05, 4.69) is 31.2 Å². The average Bonchev–Trinajstić information content (AvgIpc) is 3.49. The van der Waals surface area contributed by atoms with Crippen LogP contribution in [0.4, 0.5) is 19.9 Å². The maximum atomic E-state index is 14.4. The van der Waals surface area contributed by atoms with Crippen molar-refractivity contribution in [2.75, 3.05) is 6.26 Å². The number of amides is 1. The number of non-ortho nitro benzene ring substituents is 1. The Morgan fingerprint density at radius 3 is 2.71 bits per heavy atom. The van der Waals surface area contributed by atoms with E-state index >= 15 is 0 Å². The molecule has 0 fully saturated rings. The van der Waals surface area contributed by atoms with Crippen molar-refractivity contribution in [1.29, 1.82) is 0 Å². The lowest BCUT2D eigenvalue weighted by Gasteiger charge is -2.18. The summed E-state index contributed by atoms with van der Waals surface area (Å²) in [6.45, 7) is 5.11. The Labute approximate surface area is 251 Å². The Morgan fingerprint density at radius 1 is 1.32 bits per heavy atom. The number of aromatic nitrogens is 2. The zero-order valence-corrected chi connectivity index (χ0v) is 26.1. The van der Waals surface area contributed by atoms with E-state index in [0.717, 1.165) is 35.9 Å². The van der Waals surface area contributed by atoms with Crippen LogP contribution in [0.3, 0.4) is 0 Å². The van der Waals surface area contributed by atoms with Crippen molar-refractivity contribution in [1.82, 2.24) is 14.9 Å². The number of rotatable bonds is 8. The van der Waals surface area contributed by atoms with Crippen LogP contribution in [0, 0.1) is 15.9 Å². The van der Waals surface area contributed by atoms with Crippen LogP contribution in [0.5, 0.6) is 0 Å². The number of hydrogen-bond acceptors (Lipinski definition) is 10. The molecule has 0 unspecified atom stereocenters. The predicted molar refractivity (Wildman–Crippen MR) is 159 cm³/mol. The Bertz CT molecular complexity index is 1800. The number of nitro groups is 1. The second kappa shape index (κ2) is 11.9. The number of thioether (sulfide) groups is 1. The van der Waals surface area contributed by atoms with Gasteiger partial charge in [0.05, 0.1) is 49.2 Å². The number of carbonyl (C=O) groups excluding carboxylic acids is 1. The molecule has 1 N–H and O–H groups in total. The van der Waals surface area contributed by atoms with E-state index in [-0.39, 0.29) is 27.6 Å². The zero-order chi connectivity index (χ0) is 30.1. The first-order chi connectivity index (χ1) is 19.2. The zero-order valence-electron chi connectivity index (χ0n) is 22.0. The maximum absolute atomic E-state index is 14.4. The standard InChI is InChI=1S/C25H23BrFN5O6S3/c1-25(2,3)38-24(33)29-12-28-21-10-20(23(39-4)40-21)41(36,37)16-8-17(26)22-19(9-16)30-13-31(22)11-14-7-15(32(34)35)5-6-18(14)27/h5-10,12-13H,11H2,1-4H3,(H,28,29,33). The first-order valence-electron chi connectivity index (χ1n) is 11.7. The van der Waals surface area contributed by atoms with E-state index in [1.54, 1.807) is 31.6 Å². The molecule has 4 rings (SSSR count). The van der Waals surface area contributed by atoms with Crippen molar-refractivity contribution in [3.63, 3.8) is 0 Å². The fraction of sp³-hybridized carbons (Fsp3) is 0.240. The number of aliphatic imine (C=N–C) groups is 1. The number of thiophene rings is 1. The lowest BCUT2D eigenvalue weighted by atomic mass is 10.2. The van der Waals surface area contributed by atoms with E-state index in [4.69, 9.17) is 4.74 Å². The van der Waals surface area contributed by atoms with Crippen LogP contribution in [0.15, 0.2) is 66.2 Å². The summed E-state index contributed by atoms with van der Waals surface area (Å²) in [6.07, 6.45) is 3.60. The van der Waals surface area contributed by atoms with E-state index in [0.29, 0.717) is 24.7 Å². The van der Waals surface area contributed by atoms with Gasteiger partial charge in [0.25, 0.3) is 5.69 Å². The molecule has 0 aliphatic rings. The van der Waals surface area contributed by atoms with E-state index in [1.165, 1.54) is 36.3 Å². The highest BCUT2D eigenvalue weighted by atomic mass is 79.9. The molecule has 216 valence electrons. The molecule has 0 spiro atoms. The third-order valence-corrected chi connectivity index (χ3v) is 10.2. The molecule has 16 heteroatoms.